The molecule has 0 fully saturated rings. The van der Waals surface area contributed by atoms with E-state index in [1.54, 1.807) is 6.92 Å². The lowest BCUT2D eigenvalue weighted by Crippen LogP contribution is -2.30. The number of phenols is 1. The Bertz CT molecular complexity index is 437. The highest BCUT2D eigenvalue weighted by Crippen LogP contribution is 2.38. The number of cyclic esters (lactones) is 1. The Morgan fingerprint density at radius 2 is 2.12 bits per heavy atom. The topological polar surface area (TPSA) is 46.5 Å². The number of carbonyl (C=O) groups is 1. The maximum atomic E-state index is 11.8. The summed E-state index contributed by atoms with van der Waals surface area (Å²) < 4.78 is 5.31. The molecule has 1 aromatic carbocycles. The molecule has 3 heteroatoms. The van der Waals surface area contributed by atoms with Crippen LogP contribution in [-0.4, -0.2) is 17.2 Å². The number of esters is 1. The van der Waals surface area contributed by atoms with Gasteiger partial charge in [-0.15, -0.1) is 0 Å². The quantitative estimate of drug-likeness (QED) is 0.740. The van der Waals surface area contributed by atoms with Crippen molar-refractivity contribution < 1.29 is 14.6 Å². The van der Waals surface area contributed by atoms with Crippen LogP contribution < -0.4 is 0 Å². The van der Waals surface area contributed by atoms with Gasteiger partial charge >= 0.3 is 5.97 Å². The van der Waals surface area contributed by atoms with Crippen molar-refractivity contribution in [2.24, 2.45) is 0 Å². The summed E-state index contributed by atoms with van der Waals surface area (Å²) in [7, 11) is 0. The zero-order valence-corrected chi connectivity index (χ0v) is 9.78. The largest absolute Gasteiger partial charge is 0.507 e. The van der Waals surface area contributed by atoms with E-state index < -0.39 is 5.97 Å². The van der Waals surface area contributed by atoms with Gasteiger partial charge in [0.15, 0.2) is 0 Å². The summed E-state index contributed by atoms with van der Waals surface area (Å²) >= 11 is 0. The number of carbonyl (C=O) groups excluding carboxylic acids is 1. The molecule has 2 unspecified atom stereocenters. The van der Waals surface area contributed by atoms with Gasteiger partial charge in [0.1, 0.15) is 17.4 Å². The summed E-state index contributed by atoms with van der Waals surface area (Å²) in [6.45, 7) is 5.79. The van der Waals surface area contributed by atoms with Crippen LogP contribution in [0.3, 0.4) is 0 Å². The summed E-state index contributed by atoms with van der Waals surface area (Å²) in [6, 6.07) is 3.76. The number of aromatic hydroxyl groups is 1. The zero-order valence-electron chi connectivity index (χ0n) is 9.78. The number of hydrogen-bond acceptors (Lipinski definition) is 3. The summed E-state index contributed by atoms with van der Waals surface area (Å²) in [5.74, 6) is -0.200. The van der Waals surface area contributed by atoms with Gasteiger partial charge in [-0.1, -0.05) is 26.0 Å². The Labute approximate surface area is 95.0 Å². The minimum absolute atomic E-state index is 0.0592. The number of aryl methyl sites for hydroxylation is 1. The van der Waals surface area contributed by atoms with E-state index in [1.807, 2.05) is 26.0 Å². The fraction of sp³-hybridized carbons (Fsp3) is 0.462. The third-order valence-electron chi connectivity index (χ3n) is 3.33. The van der Waals surface area contributed by atoms with E-state index in [2.05, 4.69) is 0 Å². The van der Waals surface area contributed by atoms with Crippen molar-refractivity contribution in [1.82, 2.24) is 0 Å². The number of fused-ring (bicyclic) bond motifs is 1. The maximum absolute atomic E-state index is 11.8. The van der Waals surface area contributed by atoms with Crippen molar-refractivity contribution in [3.05, 3.63) is 28.8 Å². The Hall–Kier alpha value is -1.51. The van der Waals surface area contributed by atoms with Crippen LogP contribution in [0.2, 0.25) is 0 Å². The van der Waals surface area contributed by atoms with Crippen LogP contribution in [0.25, 0.3) is 0 Å². The number of benzene rings is 1. The first-order valence-electron chi connectivity index (χ1n) is 5.59. The lowest BCUT2D eigenvalue weighted by molar-refractivity contribution is 0.0176. The molecule has 1 aliphatic rings. The lowest BCUT2D eigenvalue weighted by Gasteiger charge is -2.30. The van der Waals surface area contributed by atoms with E-state index in [4.69, 9.17) is 4.74 Å². The Morgan fingerprint density at radius 3 is 2.75 bits per heavy atom. The van der Waals surface area contributed by atoms with E-state index in [9.17, 15) is 9.90 Å². The van der Waals surface area contributed by atoms with Gasteiger partial charge in [0.25, 0.3) is 0 Å². The van der Waals surface area contributed by atoms with Crippen LogP contribution in [0.15, 0.2) is 12.1 Å². The Balaban J connectivity index is 2.58. The minimum atomic E-state index is -0.402. The molecule has 2 rings (SSSR count). The van der Waals surface area contributed by atoms with Crippen LogP contribution >= 0.6 is 0 Å². The second kappa shape index (κ2) is 3.81. The smallest absolute Gasteiger partial charge is 0.342 e. The van der Waals surface area contributed by atoms with Gasteiger partial charge in [-0.05, 0) is 24.5 Å². The Morgan fingerprint density at radius 1 is 1.44 bits per heavy atom. The number of phenolic OH excluding ortho intramolecular Hbond substituents is 1. The van der Waals surface area contributed by atoms with E-state index in [0.717, 1.165) is 12.0 Å². The van der Waals surface area contributed by atoms with Gasteiger partial charge in [0.05, 0.1) is 0 Å². The van der Waals surface area contributed by atoms with Crippen molar-refractivity contribution in [1.29, 1.82) is 0 Å². The third kappa shape index (κ3) is 1.47. The molecule has 0 aliphatic carbocycles. The monoisotopic (exact) mass is 220 g/mol. The molecular weight excluding hydrogens is 204 g/mol. The first-order chi connectivity index (χ1) is 7.56. The van der Waals surface area contributed by atoms with Crippen LogP contribution in [0.1, 0.15) is 47.7 Å². The summed E-state index contributed by atoms with van der Waals surface area (Å²) in [4.78, 5) is 11.8. The van der Waals surface area contributed by atoms with Gasteiger partial charge in [-0.3, -0.25) is 0 Å². The van der Waals surface area contributed by atoms with Crippen LogP contribution in [0.5, 0.6) is 5.75 Å². The minimum Gasteiger partial charge on any atom is -0.507 e. The highest BCUT2D eigenvalue weighted by molar-refractivity contribution is 5.96. The van der Waals surface area contributed by atoms with E-state index >= 15 is 0 Å². The van der Waals surface area contributed by atoms with Crippen LogP contribution in [0.4, 0.5) is 0 Å². The van der Waals surface area contributed by atoms with E-state index in [-0.39, 0.29) is 17.8 Å². The molecule has 0 saturated heterocycles. The highest BCUT2D eigenvalue weighted by Gasteiger charge is 2.34. The molecule has 0 saturated carbocycles. The molecule has 2 atom stereocenters. The number of hydrogen-bond donors (Lipinski definition) is 1. The number of ether oxygens (including phenoxy) is 1. The molecule has 1 heterocycles. The standard InChI is InChI=1S/C13H16O3/c1-4-10-8(3)9-6-5-7(2)12(14)11(9)13(15)16-10/h5-6,8,10,14H,4H2,1-3H3. The molecule has 16 heavy (non-hydrogen) atoms. The van der Waals surface area contributed by atoms with Crippen LogP contribution in [0, 0.1) is 6.92 Å². The molecule has 86 valence electrons. The second-order valence-electron chi connectivity index (χ2n) is 4.34. The average Bonchev–Trinajstić information content (AvgIpc) is 2.27. The fourth-order valence-electron chi connectivity index (χ4n) is 2.24. The summed E-state index contributed by atoms with van der Waals surface area (Å²) in [5, 5.41) is 9.89. The normalized spacial score (nSPS) is 23.8. The Kier molecular flexibility index (Phi) is 2.62. The van der Waals surface area contributed by atoms with E-state index in [1.165, 1.54) is 0 Å². The molecule has 1 N–H and O–H groups in total. The van der Waals surface area contributed by atoms with Crippen molar-refractivity contribution in [2.45, 2.75) is 39.2 Å². The molecule has 0 aromatic heterocycles. The van der Waals surface area contributed by atoms with Crippen molar-refractivity contribution in [3.63, 3.8) is 0 Å². The molecule has 0 bridgehead atoms. The van der Waals surface area contributed by atoms with Gasteiger partial charge in [0.2, 0.25) is 0 Å². The third-order valence-corrected chi connectivity index (χ3v) is 3.33. The molecule has 0 spiro atoms. The predicted molar refractivity (Wildman–Crippen MR) is 60.8 cm³/mol. The van der Waals surface area contributed by atoms with Crippen molar-refractivity contribution in [2.75, 3.05) is 0 Å². The molecule has 0 amide bonds. The molecule has 1 aromatic rings. The van der Waals surface area contributed by atoms with Crippen LogP contribution in [-0.2, 0) is 4.74 Å². The number of rotatable bonds is 1. The van der Waals surface area contributed by atoms with Gasteiger partial charge in [0, 0.05) is 5.92 Å². The van der Waals surface area contributed by atoms with E-state index in [0.29, 0.717) is 11.1 Å². The van der Waals surface area contributed by atoms with Crippen molar-refractivity contribution >= 4 is 5.97 Å². The first-order valence-corrected chi connectivity index (χ1v) is 5.59. The molecule has 1 aliphatic heterocycles. The fourth-order valence-corrected chi connectivity index (χ4v) is 2.24. The van der Waals surface area contributed by atoms with Crippen molar-refractivity contribution in [3.8, 4) is 5.75 Å². The molecule has 3 nitrogen and oxygen atoms in total. The zero-order chi connectivity index (χ0) is 11.9. The second-order valence-corrected chi connectivity index (χ2v) is 4.34. The molecule has 0 radical (unpaired) electrons. The maximum Gasteiger partial charge on any atom is 0.342 e. The molecular formula is C13H16O3. The first kappa shape index (κ1) is 11.0. The summed E-state index contributed by atoms with van der Waals surface area (Å²) in [6.07, 6.45) is 0.711. The predicted octanol–water partition coefficient (Wildman–Crippen LogP) is 2.75. The lowest BCUT2D eigenvalue weighted by atomic mass is 9.86. The SMILES string of the molecule is CCC1OC(=O)c2c(ccc(C)c2O)C1C. The summed E-state index contributed by atoms with van der Waals surface area (Å²) in [5.41, 5.74) is 1.95. The average molecular weight is 220 g/mol. The van der Waals surface area contributed by atoms with Gasteiger partial charge in [-0.2, -0.15) is 0 Å². The highest BCUT2D eigenvalue weighted by atomic mass is 16.5. The van der Waals surface area contributed by atoms with Gasteiger partial charge in [-0.25, -0.2) is 4.79 Å². The van der Waals surface area contributed by atoms with Gasteiger partial charge < -0.3 is 9.84 Å².